The number of amides is 1. The fraction of sp³-hybridized carbons (Fsp3) is 0.227. The third kappa shape index (κ3) is 3.67. The lowest BCUT2D eigenvalue weighted by Gasteiger charge is -2.21. The summed E-state index contributed by atoms with van der Waals surface area (Å²) in [4.78, 5) is 25.4. The first-order valence-corrected chi connectivity index (χ1v) is 9.17. The van der Waals surface area contributed by atoms with Gasteiger partial charge in [0.2, 0.25) is 0 Å². The molecular formula is C22H22N4O. The Hall–Kier alpha value is -3.21. The van der Waals surface area contributed by atoms with Crippen LogP contribution in [0.4, 0.5) is 11.4 Å². The van der Waals surface area contributed by atoms with Gasteiger partial charge in [-0.05, 0) is 48.2 Å². The van der Waals surface area contributed by atoms with Gasteiger partial charge in [0.1, 0.15) is 0 Å². The summed E-state index contributed by atoms with van der Waals surface area (Å²) in [7, 11) is 2.03. The van der Waals surface area contributed by atoms with Crippen LogP contribution in [0.5, 0.6) is 0 Å². The minimum atomic E-state index is 0.0110. The molecule has 0 bridgehead atoms. The zero-order chi connectivity index (χ0) is 18.6. The second-order valence-electron chi connectivity index (χ2n) is 6.79. The molecule has 0 saturated heterocycles. The van der Waals surface area contributed by atoms with Gasteiger partial charge < -0.3 is 9.80 Å². The van der Waals surface area contributed by atoms with Crippen LogP contribution in [-0.4, -0.2) is 36.0 Å². The molecule has 0 unspecified atom stereocenters. The molecule has 0 spiro atoms. The van der Waals surface area contributed by atoms with Gasteiger partial charge in [0.25, 0.3) is 5.91 Å². The molecule has 3 heterocycles. The molecule has 1 aliphatic heterocycles. The van der Waals surface area contributed by atoms with Crippen molar-refractivity contribution in [1.29, 1.82) is 0 Å². The molecule has 0 radical (unpaired) electrons. The van der Waals surface area contributed by atoms with E-state index in [4.69, 9.17) is 0 Å². The fourth-order valence-corrected chi connectivity index (χ4v) is 3.43. The number of carbonyl (C=O) groups is 1. The topological polar surface area (TPSA) is 49.3 Å². The monoisotopic (exact) mass is 358 g/mol. The van der Waals surface area contributed by atoms with E-state index in [1.165, 1.54) is 11.1 Å². The fourth-order valence-electron chi connectivity index (χ4n) is 3.43. The Kier molecular flexibility index (Phi) is 4.83. The van der Waals surface area contributed by atoms with Gasteiger partial charge in [-0.15, -0.1) is 0 Å². The summed E-state index contributed by atoms with van der Waals surface area (Å²) in [6, 6.07) is 14.1. The number of pyridine rings is 2. The van der Waals surface area contributed by atoms with Crippen LogP contribution in [0.2, 0.25) is 0 Å². The second-order valence-corrected chi connectivity index (χ2v) is 6.79. The first-order valence-electron chi connectivity index (χ1n) is 9.17. The van der Waals surface area contributed by atoms with Crippen molar-refractivity contribution in [3.63, 3.8) is 0 Å². The van der Waals surface area contributed by atoms with Crippen molar-refractivity contribution in [2.75, 3.05) is 29.9 Å². The van der Waals surface area contributed by atoms with Gasteiger partial charge in [-0.1, -0.05) is 18.2 Å². The number of hydrogen-bond donors (Lipinski definition) is 0. The van der Waals surface area contributed by atoms with Crippen LogP contribution in [-0.2, 0) is 12.8 Å². The number of aromatic nitrogens is 2. The van der Waals surface area contributed by atoms with Gasteiger partial charge in [0.05, 0.1) is 17.4 Å². The summed E-state index contributed by atoms with van der Waals surface area (Å²) in [5.41, 5.74) is 5.05. The number of nitrogens with zero attached hydrogens (tertiary/aromatic N) is 4. The van der Waals surface area contributed by atoms with Crippen LogP contribution >= 0.6 is 0 Å². The van der Waals surface area contributed by atoms with Crippen molar-refractivity contribution in [3.8, 4) is 0 Å². The smallest absolute Gasteiger partial charge is 0.259 e. The third-order valence-corrected chi connectivity index (χ3v) is 5.03. The summed E-state index contributed by atoms with van der Waals surface area (Å²) < 4.78 is 0. The quantitative estimate of drug-likeness (QED) is 0.702. The predicted molar refractivity (Wildman–Crippen MR) is 107 cm³/mol. The lowest BCUT2D eigenvalue weighted by molar-refractivity contribution is 0.0989. The van der Waals surface area contributed by atoms with Gasteiger partial charge in [0.15, 0.2) is 0 Å². The molecule has 5 heteroatoms. The van der Waals surface area contributed by atoms with E-state index in [2.05, 4.69) is 20.9 Å². The maximum Gasteiger partial charge on any atom is 0.259 e. The van der Waals surface area contributed by atoms with Crippen molar-refractivity contribution in [2.45, 2.75) is 12.8 Å². The average Bonchev–Trinajstić information content (AvgIpc) is 3.16. The van der Waals surface area contributed by atoms with Crippen molar-refractivity contribution in [1.82, 2.24) is 9.97 Å². The van der Waals surface area contributed by atoms with Gasteiger partial charge in [-0.25, -0.2) is 0 Å². The van der Waals surface area contributed by atoms with E-state index in [1.807, 2.05) is 60.7 Å². The Balaban J connectivity index is 1.48. The van der Waals surface area contributed by atoms with Crippen molar-refractivity contribution < 1.29 is 4.79 Å². The zero-order valence-corrected chi connectivity index (χ0v) is 15.4. The highest BCUT2D eigenvalue weighted by Gasteiger charge is 2.25. The van der Waals surface area contributed by atoms with E-state index >= 15 is 0 Å². The van der Waals surface area contributed by atoms with Crippen molar-refractivity contribution >= 4 is 17.3 Å². The lowest BCUT2D eigenvalue weighted by atomic mass is 10.1. The van der Waals surface area contributed by atoms with E-state index in [0.29, 0.717) is 5.56 Å². The molecule has 2 aromatic heterocycles. The van der Waals surface area contributed by atoms with Crippen LogP contribution in [0.1, 0.15) is 21.5 Å². The summed E-state index contributed by atoms with van der Waals surface area (Å²) in [6.07, 6.45) is 8.90. The number of para-hydroxylation sites is 1. The van der Waals surface area contributed by atoms with E-state index in [1.54, 1.807) is 12.4 Å². The highest BCUT2D eigenvalue weighted by Crippen LogP contribution is 2.29. The van der Waals surface area contributed by atoms with Crippen molar-refractivity contribution in [3.05, 3.63) is 83.9 Å². The maximum atomic E-state index is 13.0. The number of benzene rings is 1. The first kappa shape index (κ1) is 17.2. The molecule has 0 N–H and O–H groups in total. The molecule has 5 nitrogen and oxygen atoms in total. The lowest BCUT2D eigenvalue weighted by Crippen LogP contribution is -2.29. The molecule has 136 valence electrons. The van der Waals surface area contributed by atoms with E-state index in [9.17, 15) is 4.79 Å². The zero-order valence-electron chi connectivity index (χ0n) is 15.4. The molecule has 1 aliphatic rings. The first-order chi connectivity index (χ1) is 13.2. The highest BCUT2D eigenvalue weighted by atomic mass is 16.2. The Bertz CT molecular complexity index is 942. The normalized spacial score (nSPS) is 12.7. The Morgan fingerprint density at radius 1 is 1.11 bits per heavy atom. The Morgan fingerprint density at radius 3 is 2.78 bits per heavy atom. The Morgan fingerprint density at radius 2 is 1.93 bits per heavy atom. The van der Waals surface area contributed by atoms with Gasteiger partial charge in [0, 0.05) is 44.4 Å². The molecule has 0 saturated carbocycles. The molecule has 0 aliphatic carbocycles. The van der Waals surface area contributed by atoms with Gasteiger partial charge in [-0.2, -0.15) is 0 Å². The average molecular weight is 358 g/mol. The highest BCUT2D eigenvalue weighted by molar-refractivity contribution is 6.07. The molecule has 1 aromatic carbocycles. The summed E-state index contributed by atoms with van der Waals surface area (Å²) in [5, 5.41) is 0. The summed E-state index contributed by atoms with van der Waals surface area (Å²) >= 11 is 0. The SMILES string of the molecule is CN(CCc1ccncc1)c1cncc(C(=O)N2CCc3ccccc32)c1. The van der Waals surface area contributed by atoms with Crippen molar-refractivity contribution in [2.24, 2.45) is 0 Å². The number of rotatable bonds is 5. The van der Waals surface area contributed by atoms with Crippen LogP contribution in [0.3, 0.4) is 0 Å². The van der Waals surface area contributed by atoms with E-state index in [0.717, 1.165) is 37.3 Å². The number of hydrogen-bond acceptors (Lipinski definition) is 4. The van der Waals surface area contributed by atoms with Crippen LogP contribution in [0.15, 0.2) is 67.3 Å². The van der Waals surface area contributed by atoms with Crippen LogP contribution in [0, 0.1) is 0 Å². The maximum absolute atomic E-state index is 13.0. The van der Waals surface area contributed by atoms with Gasteiger partial charge >= 0.3 is 0 Å². The molecule has 0 fully saturated rings. The number of carbonyl (C=O) groups excluding carboxylic acids is 1. The summed E-state index contributed by atoms with van der Waals surface area (Å²) in [6.45, 7) is 1.57. The summed E-state index contributed by atoms with van der Waals surface area (Å²) in [5.74, 6) is 0.0110. The van der Waals surface area contributed by atoms with E-state index in [-0.39, 0.29) is 5.91 Å². The minimum absolute atomic E-state index is 0.0110. The largest absolute Gasteiger partial charge is 0.373 e. The van der Waals surface area contributed by atoms with E-state index < -0.39 is 0 Å². The molecule has 0 atom stereocenters. The molecule has 1 amide bonds. The third-order valence-electron chi connectivity index (χ3n) is 5.03. The Labute approximate surface area is 159 Å². The number of anilines is 2. The molecular weight excluding hydrogens is 336 g/mol. The molecule has 4 rings (SSSR count). The number of fused-ring (bicyclic) bond motifs is 1. The van der Waals surface area contributed by atoms with Crippen LogP contribution < -0.4 is 9.80 Å². The second kappa shape index (κ2) is 7.58. The number of likely N-dealkylation sites (N-methyl/N-ethyl adjacent to an activating group) is 1. The van der Waals surface area contributed by atoms with Gasteiger partial charge in [-0.3, -0.25) is 14.8 Å². The van der Waals surface area contributed by atoms with Crippen LogP contribution in [0.25, 0.3) is 0 Å². The minimum Gasteiger partial charge on any atom is -0.373 e. The molecule has 3 aromatic rings. The standard InChI is InChI=1S/C22H22N4O/c1-25(12-8-17-6-10-23-11-7-17)20-14-19(15-24-16-20)22(27)26-13-9-18-4-2-3-5-21(18)26/h2-7,10-11,14-16H,8-9,12-13H2,1H3. The molecule has 27 heavy (non-hydrogen) atoms. The predicted octanol–water partition coefficient (Wildman–Crippen LogP) is 3.36.